The van der Waals surface area contributed by atoms with Crippen LogP contribution in [0.15, 0.2) is 67.3 Å². The van der Waals surface area contributed by atoms with Crippen molar-refractivity contribution >= 4 is 5.65 Å². The first-order valence-electron chi connectivity index (χ1n) is 7.90. The van der Waals surface area contributed by atoms with Gasteiger partial charge in [-0.1, -0.05) is 18.2 Å². The second-order valence-electron chi connectivity index (χ2n) is 5.67. The third-order valence-electron chi connectivity index (χ3n) is 4.13. The molecule has 2 N–H and O–H groups in total. The molecule has 4 rings (SSSR count). The first-order chi connectivity index (χ1) is 12.3. The molecular weight excluding hydrogens is 314 g/mol. The smallest absolute Gasteiger partial charge is 0.163 e. The molecule has 25 heavy (non-hydrogen) atoms. The van der Waals surface area contributed by atoms with E-state index in [1.165, 1.54) is 0 Å². The molecule has 6 heteroatoms. The Morgan fingerprint density at radius 1 is 1.12 bits per heavy atom. The lowest BCUT2D eigenvalue weighted by Crippen LogP contribution is -2.14. The quantitative estimate of drug-likeness (QED) is 0.622. The van der Waals surface area contributed by atoms with E-state index in [-0.39, 0.29) is 6.04 Å². The molecular formula is C19H17N5O. The molecule has 1 aromatic carbocycles. The van der Waals surface area contributed by atoms with E-state index >= 15 is 0 Å². The Balaban J connectivity index is 1.80. The van der Waals surface area contributed by atoms with E-state index in [1.54, 1.807) is 30.2 Å². The van der Waals surface area contributed by atoms with Crippen LogP contribution in [0.5, 0.6) is 5.75 Å². The van der Waals surface area contributed by atoms with Crippen molar-refractivity contribution in [3.63, 3.8) is 0 Å². The Hall–Kier alpha value is -3.25. The monoisotopic (exact) mass is 331 g/mol. The summed E-state index contributed by atoms with van der Waals surface area (Å²) in [7, 11) is 1.65. The molecule has 6 nitrogen and oxygen atoms in total. The van der Waals surface area contributed by atoms with Crippen LogP contribution in [0.3, 0.4) is 0 Å². The van der Waals surface area contributed by atoms with Crippen LogP contribution in [-0.4, -0.2) is 26.7 Å². The molecule has 1 atom stereocenters. The van der Waals surface area contributed by atoms with E-state index in [1.807, 2.05) is 48.7 Å². The van der Waals surface area contributed by atoms with Crippen LogP contribution in [0.1, 0.15) is 17.3 Å². The number of nitrogens with zero attached hydrogens (tertiary/aromatic N) is 4. The zero-order valence-corrected chi connectivity index (χ0v) is 13.7. The minimum Gasteiger partial charge on any atom is -0.497 e. The number of nitrogens with two attached hydrogens (primary N) is 1. The number of hydrogen-bond acceptors (Lipinski definition) is 5. The van der Waals surface area contributed by atoms with Gasteiger partial charge in [-0.15, -0.1) is 0 Å². The van der Waals surface area contributed by atoms with E-state index in [0.29, 0.717) is 0 Å². The van der Waals surface area contributed by atoms with Crippen LogP contribution in [0.4, 0.5) is 0 Å². The summed E-state index contributed by atoms with van der Waals surface area (Å²) in [6.07, 6.45) is 7.16. The third kappa shape index (κ3) is 2.83. The molecule has 0 saturated carbocycles. The molecule has 1 unspecified atom stereocenters. The Morgan fingerprint density at radius 3 is 2.84 bits per heavy atom. The molecule has 0 spiro atoms. The van der Waals surface area contributed by atoms with Crippen molar-refractivity contribution in [3.8, 4) is 16.9 Å². The molecule has 0 amide bonds. The lowest BCUT2D eigenvalue weighted by atomic mass is 10.1. The van der Waals surface area contributed by atoms with Crippen molar-refractivity contribution in [2.24, 2.45) is 5.73 Å². The van der Waals surface area contributed by atoms with Gasteiger partial charge in [-0.3, -0.25) is 4.98 Å². The molecule has 0 aliphatic carbocycles. The Bertz CT molecular complexity index is 1010. The molecule has 124 valence electrons. The van der Waals surface area contributed by atoms with Gasteiger partial charge in [-0.25, -0.2) is 9.50 Å². The molecule has 0 aliphatic rings. The fraction of sp³-hybridized carbons (Fsp3) is 0.105. The molecule has 0 radical (unpaired) electrons. The minimum atomic E-state index is -0.341. The van der Waals surface area contributed by atoms with Gasteiger partial charge in [0.1, 0.15) is 5.75 Å². The van der Waals surface area contributed by atoms with Crippen LogP contribution in [0.25, 0.3) is 16.8 Å². The van der Waals surface area contributed by atoms with E-state index in [4.69, 9.17) is 15.5 Å². The van der Waals surface area contributed by atoms with Gasteiger partial charge in [0.25, 0.3) is 0 Å². The van der Waals surface area contributed by atoms with Gasteiger partial charge in [0.15, 0.2) is 5.65 Å². The summed E-state index contributed by atoms with van der Waals surface area (Å²) in [6, 6.07) is 13.2. The normalized spacial score (nSPS) is 12.2. The largest absolute Gasteiger partial charge is 0.497 e. The Morgan fingerprint density at radius 2 is 2.04 bits per heavy atom. The van der Waals surface area contributed by atoms with Crippen LogP contribution in [-0.2, 0) is 0 Å². The summed E-state index contributed by atoms with van der Waals surface area (Å²) in [5, 5.41) is 4.38. The van der Waals surface area contributed by atoms with E-state index in [0.717, 1.165) is 33.8 Å². The number of ether oxygens (including phenoxy) is 1. The van der Waals surface area contributed by atoms with E-state index in [2.05, 4.69) is 10.1 Å². The first-order valence-corrected chi connectivity index (χ1v) is 7.90. The molecule has 4 aromatic rings. The van der Waals surface area contributed by atoms with Crippen LogP contribution >= 0.6 is 0 Å². The highest BCUT2D eigenvalue weighted by Gasteiger charge is 2.14. The van der Waals surface area contributed by atoms with Gasteiger partial charge in [-0.05, 0) is 35.4 Å². The number of benzene rings is 1. The summed E-state index contributed by atoms with van der Waals surface area (Å²) in [5.41, 5.74) is 10.7. The molecule has 0 saturated heterocycles. The molecule has 0 fully saturated rings. The van der Waals surface area contributed by atoms with Gasteiger partial charge < -0.3 is 10.5 Å². The highest BCUT2D eigenvalue weighted by Crippen LogP contribution is 2.27. The fourth-order valence-corrected chi connectivity index (χ4v) is 2.78. The first kappa shape index (κ1) is 15.3. The van der Waals surface area contributed by atoms with Gasteiger partial charge in [0.2, 0.25) is 0 Å². The zero-order chi connectivity index (χ0) is 17.2. The zero-order valence-electron chi connectivity index (χ0n) is 13.7. The maximum atomic E-state index is 6.36. The molecule has 3 heterocycles. The Labute approximate surface area is 144 Å². The van der Waals surface area contributed by atoms with Crippen molar-refractivity contribution in [2.75, 3.05) is 7.11 Å². The second kappa shape index (κ2) is 6.33. The highest BCUT2D eigenvalue weighted by molar-refractivity contribution is 5.77. The van der Waals surface area contributed by atoms with Crippen LogP contribution in [0.2, 0.25) is 0 Å². The molecule has 0 bridgehead atoms. The number of hydrogen-bond donors (Lipinski definition) is 1. The third-order valence-corrected chi connectivity index (χ3v) is 4.13. The lowest BCUT2D eigenvalue weighted by Gasteiger charge is -2.11. The summed E-state index contributed by atoms with van der Waals surface area (Å²) in [5.74, 6) is 0.792. The predicted molar refractivity (Wildman–Crippen MR) is 95.2 cm³/mol. The number of rotatable bonds is 4. The van der Waals surface area contributed by atoms with Crippen molar-refractivity contribution in [3.05, 3.63) is 78.5 Å². The minimum absolute atomic E-state index is 0.341. The van der Waals surface area contributed by atoms with Crippen molar-refractivity contribution < 1.29 is 4.74 Å². The van der Waals surface area contributed by atoms with Crippen molar-refractivity contribution in [2.45, 2.75) is 6.04 Å². The summed E-state index contributed by atoms with van der Waals surface area (Å²) < 4.78 is 7.05. The van der Waals surface area contributed by atoms with Crippen LogP contribution in [0, 0.1) is 0 Å². The van der Waals surface area contributed by atoms with Crippen molar-refractivity contribution in [1.82, 2.24) is 19.6 Å². The number of aromatic nitrogens is 4. The highest BCUT2D eigenvalue weighted by atomic mass is 16.5. The van der Waals surface area contributed by atoms with Gasteiger partial charge in [0.05, 0.1) is 25.0 Å². The van der Waals surface area contributed by atoms with Gasteiger partial charge in [-0.2, -0.15) is 5.10 Å². The predicted octanol–water partition coefficient (Wildman–Crippen LogP) is 2.85. The number of pyridine rings is 1. The molecule has 0 aliphatic heterocycles. The Kier molecular flexibility index (Phi) is 3.87. The van der Waals surface area contributed by atoms with Crippen molar-refractivity contribution in [1.29, 1.82) is 0 Å². The summed E-state index contributed by atoms with van der Waals surface area (Å²) in [4.78, 5) is 8.88. The summed E-state index contributed by atoms with van der Waals surface area (Å²) >= 11 is 0. The lowest BCUT2D eigenvalue weighted by molar-refractivity contribution is 0.415. The standard InChI is InChI=1S/C19H17N5O/c1-25-15-6-2-4-13(10-15)16-12-22-24-9-7-17(23-19(16)24)18(20)14-5-3-8-21-11-14/h2-12,18H,20H2,1H3. The second-order valence-corrected chi connectivity index (χ2v) is 5.67. The average molecular weight is 331 g/mol. The molecule has 3 aromatic heterocycles. The maximum Gasteiger partial charge on any atom is 0.163 e. The van der Waals surface area contributed by atoms with E-state index < -0.39 is 0 Å². The number of methoxy groups -OCH3 is 1. The van der Waals surface area contributed by atoms with E-state index in [9.17, 15) is 0 Å². The maximum absolute atomic E-state index is 6.36. The topological polar surface area (TPSA) is 78.3 Å². The SMILES string of the molecule is COc1cccc(-c2cnn3ccc(C(N)c4cccnc4)nc23)c1. The summed E-state index contributed by atoms with van der Waals surface area (Å²) in [6.45, 7) is 0. The van der Waals surface area contributed by atoms with Gasteiger partial charge >= 0.3 is 0 Å². The van der Waals surface area contributed by atoms with Crippen LogP contribution < -0.4 is 10.5 Å². The fourth-order valence-electron chi connectivity index (χ4n) is 2.78. The van der Waals surface area contributed by atoms with Gasteiger partial charge in [0, 0.05) is 24.2 Å². The average Bonchev–Trinajstić information content (AvgIpc) is 3.11. The number of fused-ring (bicyclic) bond motifs is 1.